The molecule has 1 atom stereocenters. The lowest BCUT2D eigenvalue weighted by molar-refractivity contribution is 0.161. The Labute approximate surface area is 108 Å². The van der Waals surface area contributed by atoms with Crippen LogP contribution in [0, 0.1) is 5.92 Å². The van der Waals surface area contributed by atoms with E-state index in [1.807, 2.05) is 6.92 Å². The lowest BCUT2D eigenvalue weighted by Crippen LogP contribution is -2.23. The van der Waals surface area contributed by atoms with Gasteiger partial charge in [0.2, 0.25) is 0 Å². The zero-order chi connectivity index (χ0) is 13.5. The Morgan fingerprint density at radius 1 is 1.33 bits per heavy atom. The molecule has 0 aliphatic heterocycles. The van der Waals surface area contributed by atoms with Gasteiger partial charge in [0.05, 0.1) is 6.10 Å². The molecule has 0 aromatic carbocycles. The van der Waals surface area contributed by atoms with Gasteiger partial charge in [0.15, 0.2) is 0 Å². The number of rotatable bonds is 7. The van der Waals surface area contributed by atoms with Crippen LogP contribution in [0.3, 0.4) is 0 Å². The number of hydrogen-bond acceptors (Lipinski definition) is 6. The summed E-state index contributed by atoms with van der Waals surface area (Å²) >= 11 is 0. The van der Waals surface area contributed by atoms with Gasteiger partial charge >= 0.3 is 0 Å². The summed E-state index contributed by atoms with van der Waals surface area (Å²) in [5.74, 6) is 7.21. The van der Waals surface area contributed by atoms with E-state index in [1.54, 1.807) is 0 Å². The van der Waals surface area contributed by atoms with Crippen molar-refractivity contribution >= 4 is 11.6 Å². The Kier molecular flexibility index (Phi) is 5.80. The van der Waals surface area contributed by atoms with E-state index >= 15 is 0 Å². The molecule has 0 aliphatic carbocycles. The van der Waals surface area contributed by atoms with E-state index < -0.39 is 0 Å². The molecule has 0 fully saturated rings. The van der Waals surface area contributed by atoms with Gasteiger partial charge in [-0.2, -0.15) is 0 Å². The highest BCUT2D eigenvalue weighted by Gasteiger charge is 2.11. The van der Waals surface area contributed by atoms with Crippen LogP contribution in [0.25, 0.3) is 0 Å². The maximum Gasteiger partial charge on any atom is 0.148 e. The number of nitrogen functional groups attached to an aromatic ring is 1. The molecule has 0 spiro atoms. The highest BCUT2D eigenvalue weighted by Crippen LogP contribution is 2.19. The highest BCUT2D eigenvalue weighted by atomic mass is 16.3. The molecule has 6 heteroatoms. The summed E-state index contributed by atoms with van der Waals surface area (Å²) < 4.78 is 0. The second-order valence-electron chi connectivity index (χ2n) is 4.71. The minimum Gasteiger partial charge on any atom is -0.391 e. The molecule has 6 nitrogen and oxygen atoms in total. The van der Waals surface area contributed by atoms with Crippen LogP contribution >= 0.6 is 0 Å². The van der Waals surface area contributed by atoms with Gasteiger partial charge in [0.1, 0.15) is 18.0 Å². The largest absolute Gasteiger partial charge is 0.391 e. The highest BCUT2D eigenvalue weighted by molar-refractivity contribution is 5.56. The third-order valence-electron chi connectivity index (χ3n) is 2.68. The molecule has 1 unspecified atom stereocenters. The van der Waals surface area contributed by atoms with Crippen molar-refractivity contribution in [3.8, 4) is 0 Å². The normalized spacial score (nSPS) is 12.6. The van der Waals surface area contributed by atoms with Crippen LogP contribution in [0.4, 0.5) is 11.6 Å². The Balaban J connectivity index is 2.67. The van der Waals surface area contributed by atoms with Gasteiger partial charge in [-0.3, -0.25) is 0 Å². The molecule has 1 aromatic rings. The summed E-state index contributed by atoms with van der Waals surface area (Å²) in [6.45, 7) is 6.66. The number of aliphatic hydroxyl groups is 1. The van der Waals surface area contributed by atoms with Gasteiger partial charge in [-0.15, -0.1) is 0 Å². The fraction of sp³-hybridized carbons (Fsp3) is 0.667. The summed E-state index contributed by atoms with van der Waals surface area (Å²) in [5, 5.41) is 13.0. The Morgan fingerprint density at radius 2 is 2.00 bits per heavy atom. The van der Waals surface area contributed by atoms with Crippen LogP contribution in [0.1, 0.15) is 32.8 Å². The SMILES string of the molecule is CCc1c(NN)ncnc1NCC(O)CC(C)C. The van der Waals surface area contributed by atoms with Crippen molar-refractivity contribution in [2.24, 2.45) is 11.8 Å². The number of aromatic nitrogens is 2. The maximum absolute atomic E-state index is 9.82. The Morgan fingerprint density at radius 3 is 2.56 bits per heavy atom. The van der Waals surface area contributed by atoms with Crippen molar-refractivity contribution in [1.82, 2.24) is 9.97 Å². The van der Waals surface area contributed by atoms with E-state index in [1.165, 1.54) is 6.33 Å². The first-order valence-electron chi connectivity index (χ1n) is 6.30. The third kappa shape index (κ3) is 4.12. The van der Waals surface area contributed by atoms with E-state index in [2.05, 4.69) is 34.6 Å². The molecule has 18 heavy (non-hydrogen) atoms. The van der Waals surface area contributed by atoms with Crippen molar-refractivity contribution in [2.75, 3.05) is 17.3 Å². The predicted octanol–water partition coefficient (Wildman–Crippen LogP) is 1.14. The number of hydrazine groups is 1. The predicted molar refractivity (Wildman–Crippen MR) is 73.2 cm³/mol. The summed E-state index contributed by atoms with van der Waals surface area (Å²) in [4.78, 5) is 8.23. The Hall–Kier alpha value is -1.40. The van der Waals surface area contributed by atoms with Crippen molar-refractivity contribution in [2.45, 2.75) is 39.7 Å². The molecule has 5 N–H and O–H groups in total. The first-order valence-corrected chi connectivity index (χ1v) is 6.30. The number of nitrogens with two attached hydrogens (primary N) is 1. The zero-order valence-electron chi connectivity index (χ0n) is 11.3. The average Bonchev–Trinajstić information content (AvgIpc) is 2.34. The van der Waals surface area contributed by atoms with Crippen molar-refractivity contribution in [3.05, 3.63) is 11.9 Å². The van der Waals surface area contributed by atoms with Gasteiger partial charge in [-0.25, -0.2) is 15.8 Å². The smallest absolute Gasteiger partial charge is 0.148 e. The monoisotopic (exact) mass is 253 g/mol. The second-order valence-corrected chi connectivity index (χ2v) is 4.71. The minimum atomic E-state index is -0.376. The fourth-order valence-electron chi connectivity index (χ4n) is 1.87. The summed E-state index contributed by atoms with van der Waals surface area (Å²) in [7, 11) is 0. The van der Waals surface area contributed by atoms with E-state index in [0.29, 0.717) is 18.3 Å². The topological polar surface area (TPSA) is 96.1 Å². The zero-order valence-corrected chi connectivity index (χ0v) is 11.3. The lowest BCUT2D eigenvalue weighted by atomic mass is 10.1. The lowest BCUT2D eigenvalue weighted by Gasteiger charge is -2.16. The van der Waals surface area contributed by atoms with Crippen LogP contribution in [0.15, 0.2) is 6.33 Å². The van der Waals surface area contributed by atoms with Crippen LogP contribution < -0.4 is 16.6 Å². The molecule has 1 aromatic heterocycles. The quantitative estimate of drug-likeness (QED) is 0.430. The molecule has 0 aliphatic rings. The fourth-order valence-corrected chi connectivity index (χ4v) is 1.87. The van der Waals surface area contributed by atoms with E-state index in [-0.39, 0.29) is 6.10 Å². The van der Waals surface area contributed by atoms with Gasteiger partial charge in [0, 0.05) is 12.1 Å². The second kappa shape index (κ2) is 7.13. The van der Waals surface area contributed by atoms with Crippen LogP contribution in [0.2, 0.25) is 0 Å². The molecule has 0 saturated carbocycles. The van der Waals surface area contributed by atoms with Gasteiger partial charge in [0.25, 0.3) is 0 Å². The molecule has 0 bridgehead atoms. The van der Waals surface area contributed by atoms with E-state index in [9.17, 15) is 5.11 Å². The average molecular weight is 253 g/mol. The number of nitrogens with one attached hydrogen (secondary N) is 2. The molecule has 0 saturated heterocycles. The molecule has 1 rings (SSSR count). The van der Waals surface area contributed by atoms with Gasteiger partial charge < -0.3 is 15.8 Å². The molecule has 0 amide bonds. The van der Waals surface area contributed by atoms with Gasteiger partial charge in [-0.05, 0) is 18.8 Å². The summed E-state index contributed by atoms with van der Waals surface area (Å²) in [6, 6.07) is 0. The van der Waals surface area contributed by atoms with Crippen LogP contribution in [-0.2, 0) is 6.42 Å². The maximum atomic E-state index is 9.82. The van der Waals surface area contributed by atoms with Crippen molar-refractivity contribution < 1.29 is 5.11 Å². The van der Waals surface area contributed by atoms with Crippen LogP contribution in [0.5, 0.6) is 0 Å². The summed E-state index contributed by atoms with van der Waals surface area (Å²) in [6.07, 6.45) is 2.61. The van der Waals surface area contributed by atoms with E-state index in [4.69, 9.17) is 5.84 Å². The summed E-state index contributed by atoms with van der Waals surface area (Å²) in [5.41, 5.74) is 3.48. The number of anilines is 2. The first-order chi connectivity index (χ1) is 8.58. The van der Waals surface area contributed by atoms with E-state index in [0.717, 1.165) is 24.2 Å². The molecular weight excluding hydrogens is 230 g/mol. The standard InChI is InChI=1S/C12H23N5O/c1-4-10-11(15-7-16-12(10)17-13)14-6-9(18)5-8(2)3/h7-9,18H,4-6,13H2,1-3H3,(H2,14,15,16,17). The third-order valence-corrected chi connectivity index (χ3v) is 2.68. The van der Waals surface area contributed by atoms with Crippen molar-refractivity contribution in [3.63, 3.8) is 0 Å². The molecular formula is C12H23N5O. The molecule has 1 heterocycles. The van der Waals surface area contributed by atoms with Gasteiger partial charge in [-0.1, -0.05) is 20.8 Å². The Bertz CT molecular complexity index is 369. The minimum absolute atomic E-state index is 0.376. The van der Waals surface area contributed by atoms with Crippen LogP contribution in [-0.4, -0.2) is 27.7 Å². The first kappa shape index (κ1) is 14.7. The molecule has 102 valence electrons. The molecule has 0 radical (unpaired) electrons. The van der Waals surface area contributed by atoms with Crippen molar-refractivity contribution in [1.29, 1.82) is 0 Å². The number of hydrogen-bond donors (Lipinski definition) is 4. The number of nitrogens with zero attached hydrogens (tertiary/aromatic N) is 2. The number of aliphatic hydroxyl groups excluding tert-OH is 1.